The number of aliphatic hydroxyl groups is 2. The molecule has 82 valence electrons. The summed E-state index contributed by atoms with van der Waals surface area (Å²) < 4.78 is 0. The number of aliphatic hydroxyl groups excluding tert-OH is 2. The molecule has 2 N–H and O–H groups in total. The molecule has 4 aliphatic rings. The molecule has 0 spiro atoms. The van der Waals surface area contributed by atoms with E-state index in [2.05, 4.69) is 12.2 Å². The van der Waals surface area contributed by atoms with Crippen LogP contribution in [0.1, 0.15) is 19.8 Å². The van der Waals surface area contributed by atoms with Gasteiger partial charge in [0.2, 0.25) is 0 Å². The fourth-order valence-corrected chi connectivity index (χ4v) is 3.78. The molecule has 0 unspecified atom stereocenters. The van der Waals surface area contributed by atoms with Gasteiger partial charge < -0.3 is 10.2 Å². The van der Waals surface area contributed by atoms with Gasteiger partial charge in [-0.1, -0.05) is 18.2 Å². The third kappa shape index (κ3) is 1.25. The largest absolute Gasteiger partial charge is 0.389 e. The van der Waals surface area contributed by atoms with Gasteiger partial charge in [0.1, 0.15) is 0 Å². The second-order valence-corrected chi connectivity index (χ2v) is 5.29. The van der Waals surface area contributed by atoms with E-state index < -0.39 is 0 Å². The topological polar surface area (TPSA) is 40.5 Å². The SMILES string of the molecule is CC1=C[C@H](O)[C@H]2[C@H]([C@H]3C=C[C@@H]2CC3)[C@H]1O. The molecule has 0 aromatic heterocycles. The molecule has 0 heterocycles. The van der Waals surface area contributed by atoms with Gasteiger partial charge in [0.05, 0.1) is 12.2 Å². The maximum absolute atomic E-state index is 10.2. The highest BCUT2D eigenvalue weighted by Gasteiger charge is 2.48. The average molecular weight is 206 g/mol. The van der Waals surface area contributed by atoms with Crippen LogP contribution in [0.2, 0.25) is 0 Å². The Morgan fingerprint density at radius 1 is 1.07 bits per heavy atom. The van der Waals surface area contributed by atoms with E-state index in [9.17, 15) is 10.2 Å². The molecule has 2 nitrogen and oxygen atoms in total. The maximum Gasteiger partial charge on any atom is 0.0786 e. The van der Waals surface area contributed by atoms with E-state index in [1.165, 1.54) is 12.8 Å². The minimum atomic E-state index is -0.351. The predicted octanol–water partition coefficient (Wildman–Crippen LogP) is 1.50. The lowest BCUT2D eigenvalue weighted by molar-refractivity contribution is -0.0436. The third-order valence-electron chi connectivity index (χ3n) is 4.53. The second kappa shape index (κ2) is 3.19. The molecule has 1 fully saturated rings. The van der Waals surface area contributed by atoms with Crippen LogP contribution in [0.15, 0.2) is 23.8 Å². The van der Waals surface area contributed by atoms with E-state index in [1.54, 1.807) is 0 Å². The zero-order valence-corrected chi connectivity index (χ0v) is 9.00. The lowest BCUT2D eigenvalue weighted by Crippen LogP contribution is -2.50. The first-order chi connectivity index (χ1) is 7.18. The molecule has 4 aliphatic carbocycles. The molecule has 0 saturated heterocycles. The van der Waals surface area contributed by atoms with Gasteiger partial charge in [0.25, 0.3) is 0 Å². The summed E-state index contributed by atoms with van der Waals surface area (Å²) in [5.41, 5.74) is 0.949. The van der Waals surface area contributed by atoms with Crippen molar-refractivity contribution in [1.82, 2.24) is 0 Å². The Morgan fingerprint density at radius 3 is 2.27 bits per heavy atom. The van der Waals surface area contributed by atoms with Crippen molar-refractivity contribution in [2.75, 3.05) is 0 Å². The maximum atomic E-state index is 10.2. The smallest absolute Gasteiger partial charge is 0.0786 e. The summed E-state index contributed by atoms with van der Waals surface area (Å²) in [6.45, 7) is 1.93. The minimum Gasteiger partial charge on any atom is -0.389 e. The van der Waals surface area contributed by atoms with Gasteiger partial charge in [-0.25, -0.2) is 0 Å². The van der Waals surface area contributed by atoms with Crippen molar-refractivity contribution < 1.29 is 10.2 Å². The van der Waals surface area contributed by atoms with E-state index in [4.69, 9.17) is 0 Å². The summed E-state index contributed by atoms with van der Waals surface area (Å²) in [4.78, 5) is 0. The molecular weight excluding hydrogens is 188 g/mol. The van der Waals surface area contributed by atoms with Crippen LogP contribution in [0.4, 0.5) is 0 Å². The normalized spacial score (nSPS) is 52.6. The molecule has 0 aromatic rings. The summed E-state index contributed by atoms with van der Waals surface area (Å²) in [7, 11) is 0. The molecule has 0 amide bonds. The molecule has 1 saturated carbocycles. The third-order valence-corrected chi connectivity index (χ3v) is 4.53. The Balaban J connectivity index is 2.02. The predicted molar refractivity (Wildman–Crippen MR) is 58.1 cm³/mol. The van der Waals surface area contributed by atoms with Crippen LogP contribution < -0.4 is 0 Å². The van der Waals surface area contributed by atoms with Crippen molar-refractivity contribution >= 4 is 0 Å². The summed E-state index contributed by atoms with van der Waals surface area (Å²) in [6, 6.07) is 0. The zero-order chi connectivity index (χ0) is 10.6. The Labute approximate surface area is 90.3 Å². The van der Waals surface area contributed by atoms with E-state index in [0.29, 0.717) is 11.8 Å². The van der Waals surface area contributed by atoms with E-state index in [0.717, 1.165) is 5.57 Å². The summed E-state index contributed by atoms with van der Waals surface area (Å²) in [5.74, 6) is 1.48. The van der Waals surface area contributed by atoms with Crippen molar-refractivity contribution in [3.8, 4) is 0 Å². The summed E-state index contributed by atoms with van der Waals surface area (Å²) in [5, 5.41) is 20.3. The molecule has 2 bridgehead atoms. The molecule has 4 rings (SSSR count). The number of rotatable bonds is 0. The summed E-state index contributed by atoms with van der Waals surface area (Å²) in [6.07, 6.45) is 8.02. The number of fused-ring (bicyclic) bond motifs is 1. The first-order valence-electron chi connectivity index (χ1n) is 5.91. The van der Waals surface area contributed by atoms with Crippen LogP contribution >= 0.6 is 0 Å². The van der Waals surface area contributed by atoms with E-state index in [1.807, 2.05) is 13.0 Å². The van der Waals surface area contributed by atoms with Crippen LogP contribution in [0.5, 0.6) is 0 Å². The average Bonchev–Trinajstić information content (AvgIpc) is 2.26. The van der Waals surface area contributed by atoms with Gasteiger partial charge in [0, 0.05) is 11.8 Å². The highest BCUT2D eigenvalue weighted by Crippen LogP contribution is 2.50. The van der Waals surface area contributed by atoms with Gasteiger partial charge in [-0.15, -0.1) is 0 Å². The Kier molecular flexibility index (Phi) is 2.05. The lowest BCUT2D eigenvalue weighted by atomic mass is 9.56. The number of allylic oxidation sites excluding steroid dienone is 2. The molecule has 0 aromatic carbocycles. The van der Waals surface area contributed by atoms with Crippen molar-refractivity contribution in [3.63, 3.8) is 0 Å². The van der Waals surface area contributed by atoms with Crippen LogP contribution in [0.3, 0.4) is 0 Å². The van der Waals surface area contributed by atoms with Crippen molar-refractivity contribution in [3.05, 3.63) is 23.8 Å². The molecule has 0 aliphatic heterocycles. The number of hydrogen-bond acceptors (Lipinski definition) is 2. The van der Waals surface area contributed by atoms with Gasteiger partial charge in [-0.2, -0.15) is 0 Å². The zero-order valence-electron chi connectivity index (χ0n) is 9.00. The number of hydrogen-bond donors (Lipinski definition) is 2. The Hall–Kier alpha value is -0.600. The van der Waals surface area contributed by atoms with E-state index >= 15 is 0 Å². The van der Waals surface area contributed by atoms with E-state index in [-0.39, 0.29) is 24.0 Å². The summed E-state index contributed by atoms with van der Waals surface area (Å²) >= 11 is 0. The molecule has 0 radical (unpaired) electrons. The van der Waals surface area contributed by atoms with Crippen LogP contribution in [0.25, 0.3) is 0 Å². The standard InChI is InChI=1S/C13H18O2/c1-7-6-10(14)11-8-2-4-9(5-3-8)12(11)13(7)15/h2,4,6,8-15H,3,5H2,1H3/t8-,9+,10+,11+,12+,13+/m1/s1. The van der Waals surface area contributed by atoms with Crippen LogP contribution in [0, 0.1) is 23.7 Å². The molecule has 6 atom stereocenters. The first-order valence-corrected chi connectivity index (χ1v) is 5.91. The molecular formula is C13H18O2. The van der Waals surface area contributed by atoms with Gasteiger partial charge >= 0.3 is 0 Å². The van der Waals surface area contributed by atoms with Gasteiger partial charge in [-0.3, -0.25) is 0 Å². The minimum absolute atomic E-state index is 0.257. The fraction of sp³-hybridized carbons (Fsp3) is 0.692. The Morgan fingerprint density at radius 2 is 1.67 bits per heavy atom. The second-order valence-electron chi connectivity index (χ2n) is 5.29. The van der Waals surface area contributed by atoms with Crippen molar-refractivity contribution in [2.24, 2.45) is 23.7 Å². The van der Waals surface area contributed by atoms with Crippen molar-refractivity contribution in [2.45, 2.75) is 32.0 Å². The lowest BCUT2D eigenvalue weighted by Gasteiger charge is -2.50. The van der Waals surface area contributed by atoms with Crippen molar-refractivity contribution in [1.29, 1.82) is 0 Å². The van der Waals surface area contributed by atoms with Crippen LogP contribution in [-0.4, -0.2) is 22.4 Å². The highest BCUT2D eigenvalue weighted by molar-refractivity contribution is 5.24. The van der Waals surface area contributed by atoms with Gasteiger partial charge in [0.15, 0.2) is 0 Å². The van der Waals surface area contributed by atoms with Gasteiger partial charge in [-0.05, 0) is 37.2 Å². The van der Waals surface area contributed by atoms with Crippen LogP contribution in [-0.2, 0) is 0 Å². The molecule has 15 heavy (non-hydrogen) atoms. The molecule has 2 heteroatoms. The first kappa shape index (κ1) is 9.61. The quantitative estimate of drug-likeness (QED) is 0.590. The fourth-order valence-electron chi connectivity index (χ4n) is 3.78. The Bertz CT molecular complexity index is 331. The highest BCUT2D eigenvalue weighted by atomic mass is 16.3. The monoisotopic (exact) mass is 206 g/mol.